The van der Waals surface area contributed by atoms with Crippen molar-refractivity contribution in [2.75, 3.05) is 17.6 Å². The molecule has 2 heterocycles. The van der Waals surface area contributed by atoms with Crippen LogP contribution in [0.1, 0.15) is 18.5 Å². The molecule has 1 N–H and O–H groups in total. The third kappa shape index (κ3) is 3.47. The molecule has 2 aliphatic rings. The molecule has 4 rings (SSSR count). The molecular formula is C17H16FN3OS2. The lowest BCUT2D eigenvalue weighted by molar-refractivity contribution is -0.129. The van der Waals surface area contributed by atoms with E-state index in [9.17, 15) is 9.18 Å². The molecule has 0 radical (unpaired) electrons. The molecule has 7 heteroatoms. The number of hydrogen-bond acceptors (Lipinski definition) is 5. The van der Waals surface area contributed by atoms with E-state index in [0.717, 1.165) is 46.7 Å². The van der Waals surface area contributed by atoms with Crippen molar-refractivity contribution >= 4 is 45.9 Å². The summed E-state index contributed by atoms with van der Waals surface area (Å²) in [6, 6.07) is 6.18. The van der Waals surface area contributed by atoms with Gasteiger partial charge in [0.05, 0.1) is 10.7 Å². The van der Waals surface area contributed by atoms with Crippen molar-refractivity contribution < 1.29 is 9.18 Å². The smallest absolute Gasteiger partial charge is 0.230 e. The Hall–Kier alpha value is -1.86. The van der Waals surface area contributed by atoms with Gasteiger partial charge in [0.2, 0.25) is 5.91 Å². The van der Waals surface area contributed by atoms with Gasteiger partial charge in [-0.3, -0.25) is 4.79 Å². The Labute approximate surface area is 147 Å². The van der Waals surface area contributed by atoms with Crippen molar-refractivity contribution in [2.24, 2.45) is 5.92 Å². The van der Waals surface area contributed by atoms with Crippen LogP contribution in [0.15, 0.2) is 34.7 Å². The zero-order valence-corrected chi connectivity index (χ0v) is 14.5. The Bertz CT molecular complexity index is 783. The van der Waals surface area contributed by atoms with Gasteiger partial charge in [-0.05, 0) is 43.2 Å². The van der Waals surface area contributed by atoms with Crippen molar-refractivity contribution in [3.8, 4) is 0 Å². The van der Waals surface area contributed by atoms with Crippen LogP contribution in [-0.2, 0) is 4.79 Å². The number of thioether (sulfide) groups is 1. The summed E-state index contributed by atoms with van der Waals surface area (Å²) < 4.78 is 12.9. The van der Waals surface area contributed by atoms with E-state index in [0.29, 0.717) is 0 Å². The molecule has 1 aliphatic heterocycles. The fourth-order valence-corrected chi connectivity index (χ4v) is 4.22. The number of aromatic nitrogens is 1. The average molecular weight is 361 g/mol. The highest BCUT2D eigenvalue weighted by Crippen LogP contribution is 2.37. The van der Waals surface area contributed by atoms with Gasteiger partial charge in [0.25, 0.3) is 0 Å². The largest absolute Gasteiger partial charge is 0.332 e. The molecule has 0 bridgehead atoms. The van der Waals surface area contributed by atoms with Crippen LogP contribution in [-0.4, -0.2) is 28.1 Å². The number of amides is 1. The van der Waals surface area contributed by atoms with Gasteiger partial charge in [-0.2, -0.15) is 0 Å². The molecule has 1 saturated heterocycles. The molecule has 24 heavy (non-hydrogen) atoms. The van der Waals surface area contributed by atoms with Gasteiger partial charge >= 0.3 is 0 Å². The van der Waals surface area contributed by atoms with Crippen LogP contribution in [0, 0.1) is 11.7 Å². The Morgan fingerprint density at radius 2 is 2.12 bits per heavy atom. The maximum atomic E-state index is 12.9. The van der Waals surface area contributed by atoms with Crippen LogP contribution in [0.3, 0.4) is 0 Å². The van der Waals surface area contributed by atoms with Crippen molar-refractivity contribution in [3.63, 3.8) is 0 Å². The zero-order chi connectivity index (χ0) is 16.5. The number of nitrogens with one attached hydrogen (secondary N) is 1. The van der Waals surface area contributed by atoms with Gasteiger partial charge < -0.3 is 10.2 Å². The monoisotopic (exact) mass is 361 g/mol. The summed E-state index contributed by atoms with van der Waals surface area (Å²) in [5.74, 6) is 1.17. The molecule has 2 aromatic rings. The van der Waals surface area contributed by atoms with Gasteiger partial charge in [0.15, 0.2) is 5.13 Å². The number of hydrogen-bond donors (Lipinski definition) is 1. The molecule has 2 fully saturated rings. The predicted octanol–water partition coefficient (Wildman–Crippen LogP) is 4.31. The molecule has 1 saturated carbocycles. The van der Waals surface area contributed by atoms with E-state index < -0.39 is 0 Å². The summed E-state index contributed by atoms with van der Waals surface area (Å²) in [6.07, 6.45) is 4.02. The van der Waals surface area contributed by atoms with E-state index in [1.165, 1.54) is 23.5 Å². The minimum atomic E-state index is -0.260. The Morgan fingerprint density at radius 1 is 1.33 bits per heavy atom. The van der Waals surface area contributed by atoms with Crippen molar-refractivity contribution in [1.82, 2.24) is 9.88 Å². The molecule has 0 spiro atoms. The van der Waals surface area contributed by atoms with E-state index in [2.05, 4.69) is 10.3 Å². The van der Waals surface area contributed by atoms with E-state index in [1.807, 2.05) is 16.4 Å². The SMILES string of the molecule is O=C(C1CC1)N1CCS/C1=C/c1csc(Nc2ccc(F)cc2)n1. The molecule has 0 unspecified atom stereocenters. The first-order chi connectivity index (χ1) is 11.7. The van der Waals surface area contributed by atoms with Crippen molar-refractivity contribution in [2.45, 2.75) is 12.8 Å². The van der Waals surface area contributed by atoms with Gasteiger partial charge in [0.1, 0.15) is 5.82 Å². The van der Waals surface area contributed by atoms with E-state index in [1.54, 1.807) is 23.9 Å². The lowest BCUT2D eigenvalue weighted by atomic mass is 10.3. The van der Waals surface area contributed by atoms with Crippen LogP contribution in [0.25, 0.3) is 6.08 Å². The zero-order valence-electron chi connectivity index (χ0n) is 12.9. The van der Waals surface area contributed by atoms with Crippen LogP contribution < -0.4 is 5.32 Å². The van der Waals surface area contributed by atoms with Crippen LogP contribution in [0.5, 0.6) is 0 Å². The van der Waals surface area contributed by atoms with Crippen molar-refractivity contribution in [1.29, 1.82) is 0 Å². The van der Waals surface area contributed by atoms with Gasteiger partial charge in [-0.1, -0.05) is 0 Å². The average Bonchev–Trinajstić information content (AvgIpc) is 3.18. The van der Waals surface area contributed by atoms with Crippen LogP contribution >= 0.6 is 23.1 Å². The number of benzene rings is 1. The number of thiazole rings is 1. The molecule has 0 atom stereocenters. The first-order valence-corrected chi connectivity index (χ1v) is 9.69. The number of carbonyl (C=O) groups is 1. The lowest BCUT2D eigenvalue weighted by Crippen LogP contribution is -2.27. The summed E-state index contributed by atoms with van der Waals surface area (Å²) in [6.45, 7) is 0.788. The minimum absolute atomic E-state index is 0.234. The Morgan fingerprint density at radius 3 is 2.88 bits per heavy atom. The van der Waals surface area contributed by atoms with Crippen LogP contribution in [0.4, 0.5) is 15.2 Å². The first-order valence-electron chi connectivity index (χ1n) is 7.83. The molecule has 1 aromatic heterocycles. The van der Waals surface area contributed by atoms with E-state index in [-0.39, 0.29) is 17.6 Å². The standard InChI is InChI=1S/C17H16FN3OS2/c18-12-3-5-13(6-4-12)19-17-20-14(10-24-17)9-15-21(7-8-23-15)16(22)11-1-2-11/h3-6,9-11H,1-2,7-8H2,(H,19,20)/b15-9+. The summed E-state index contributed by atoms with van der Waals surface area (Å²) in [5.41, 5.74) is 1.63. The highest BCUT2D eigenvalue weighted by atomic mass is 32.2. The van der Waals surface area contributed by atoms with Gasteiger partial charge in [0, 0.05) is 29.3 Å². The third-order valence-corrected chi connectivity index (χ3v) is 5.71. The van der Waals surface area contributed by atoms with Crippen molar-refractivity contribution in [3.05, 3.63) is 46.2 Å². The number of carbonyl (C=O) groups excluding carboxylic acids is 1. The van der Waals surface area contributed by atoms with Gasteiger partial charge in [-0.15, -0.1) is 23.1 Å². The quantitative estimate of drug-likeness (QED) is 0.881. The van der Waals surface area contributed by atoms with Gasteiger partial charge in [-0.25, -0.2) is 9.37 Å². The normalized spacial score (nSPS) is 19.0. The topological polar surface area (TPSA) is 45.2 Å². The second-order valence-electron chi connectivity index (χ2n) is 5.80. The fourth-order valence-electron chi connectivity index (χ4n) is 2.51. The molecule has 124 valence electrons. The third-order valence-electron chi connectivity index (χ3n) is 3.91. The Balaban J connectivity index is 1.47. The highest BCUT2D eigenvalue weighted by Gasteiger charge is 2.36. The summed E-state index contributed by atoms with van der Waals surface area (Å²) in [4.78, 5) is 18.7. The molecule has 4 nitrogen and oxygen atoms in total. The minimum Gasteiger partial charge on any atom is -0.332 e. The Kier molecular flexibility index (Phi) is 4.28. The molecule has 1 aromatic carbocycles. The second-order valence-corrected chi connectivity index (χ2v) is 7.78. The predicted molar refractivity (Wildman–Crippen MR) is 96.7 cm³/mol. The maximum Gasteiger partial charge on any atom is 0.230 e. The fraction of sp³-hybridized carbons (Fsp3) is 0.294. The molecule has 1 aliphatic carbocycles. The lowest BCUT2D eigenvalue weighted by Gasteiger charge is -2.16. The molecular weight excluding hydrogens is 345 g/mol. The summed E-state index contributed by atoms with van der Waals surface area (Å²) in [5, 5.41) is 6.86. The van der Waals surface area contributed by atoms with E-state index in [4.69, 9.17) is 0 Å². The number of rotatable bonds is 4. The maximum absolute atomic E-state index is 12.9. The first kappa shape index (κ1) is 15.7. The number of anilines is 2. The van der Waals surface area contributed by atoms with E-state index >= 15 is 0 Å². The highest BCUT2D eigenvalue weighted by molar-refractivity contribution is 8.03. The summed E-state index contributed by atoms with van der Waals surface area (Å²) >= 11 is 3.19. The number of halogens is 1. The van der Waals surface area contributed by atoms with Crippen LogP contribution in [0.2, 0.25) is 0 Å². The summed E-state index contributed by atoms with van der Waals surface area (Å²) in [7, 11) is 0. The molecule has 1 amide bonds. The number of nitrogens with zero attached hydrogens (tertiary/aromatic N) is 2. The second kappa shape index (κ2) is 6.57.